The topological polar surface area (TPSA) is 42.9 Å². The fourth-order valence-corrected chi connectivity index (χ4v) is 1.62. The summed E-state index contributed by atoms with van der Waals surface area (Å²) in [5.41, 5.74) is 0.905. The van der Waals surface area contributed by atoms with Crippen LogP contribution in [0.15, 0.2) is 42.2 Å². The van der Waals surface area contributed by atoms with E-state index in [4.69, 9.17) is 0 Å². The first kappa shape index (κ1) is 9.73. The van der Waals surface area contributed by atoms with Crippen molar-refractivity contribution in [1.82, 2.24) is 9.97 Å². The first-order valence-electron chi connectivity index (χ1n) is 4.38. The number of hydrogen-bond acceptors (Lipinski definition) is 4. The second-order valence-corrected chi connectivity index (χ2v) is 3.72. The molecule has 74 valence electrons. The van der Waals surface area contributed by atoms with Crippen molar-refractivity contribution in [1.29, 1.82) is 0 Å². The van der Waals surface area contributed by atoms with E-state index in [0.29, 0.717) is 5.01 Å². The summed E-state index contributed by atoms with van der Waals surface area (Å²) in [4.78, 5) is 19.4. The molecular weight excluding hydrogens is 208 g/mol. The quantitative estimate of drug-likeness (QED) is 0.584. The molecule has 0 aliphatic carbocycles. The van der Waals surface area contributed by atoms with Gasteiger partial charge in [0.25, 0.3) is 0 Å². The van der Waals surface area contributed by atoms with Crippen LogP contribution in [-0.4, -0.2) is 15.8 Å². The molecule has 0 fully saturated rings. The van der Waals surface area contributed by atoms with Crippen LogP contribution in [0, 0.1) is 0 Å². The Morgan fingerprint density at radius 1 is 1.40 bits per heavy atom. The molecule has 0 aliphatic heterocycles. The average molecular weight is 216 g/mol. The zero-order valence-corrected chi connectivity index (χ0v) is 8.65. The lowest BCUT2D eigenvalue weighted by Crippen LogP contribution is -1.91. The molecule has 15 heavy (non-hydrogen) atoms. The van der Waals surface area contributed by atoms with Gasteiger partial charge in [-0.3, -0.25) is 9.78 Å². The molecule has 0 saturated carbocycles. The third-order valence-corrected chi connectivity index (χ3v) is 2.54. The van der Waals surface area contributed by atoms with E-state index < -0.39 is 0 Å². The molecule has 0 aliphatic rings. The van der Waals surface area contributed by atoms with Crippen molar-refractivity contribution >= 4 is 23.2 Å². The van der Waals surface area contributed by atoms with Crippen LogP contribution < -0.4 is 0 Å². The van der Waals surface area contributed by atoms with Crippen LogP contribution >= 0.6 is 11.3 Å². The molecule has 2 heterocycles. The highest BCUT2D eigenvalue weighted by atomic mass is 32.1. The first-order valence-corrected chi connectivity index (χ1v) is 5.26. The van der Waals surface area contributed by atoms with Crippen molar-refractivity contribution in [2.24, 2.45) is 0 Å². The molecule has 0 unspecified atom stereocenters. The van der Waals surface area contributed by atoms with Crippen LogP contribution in [0.25, 0.3) is 6.08 Å². The van der Waals surface area contributed by atoms with Crippen molar-refractivity contribution in [2.75, 3.05) is 0 Å². The van der Waals surface area contributed by atoms with Gasteiger partial charge in [0.05, 0.1) is 0 Å². The molecule has 0 spiro atoms. The molecule has 0 aromatic carbocycles. The van der Waals surface area contributed by atoms with E-state index in [2.05, 4.69) is 9.97 Å². The van der Waals surface area contributed by atoms with Crippen LogP contribution in [0.1, 0.15) is 15.4 Å². The van der Waals surface area contributed by atoms with Crippen molar-refractivity contribution in [2.45, 2.75) is 0 Å². The highest BCUT2D eigenvalue weighted by molar-refractivity contribution is 7.11. The third-order valence-electron chi connectivity index (χ3n) is 1.75. The molecular formula is C11H8N2OS. The summed E-state index contributed by atoms with van der Waals surface area (Å²) in [6.07, 6.45) is 8.26. The molecule has 2 aromatic rings. The smallest absolute Gasteiger partial charge is 0.214 e. The molecule has 2 aromatic heterocycles. The summed E-state index contributed by atoms with van der Waals surface area (Å²) in [6, 6.07) is 3.71. The second kappa shape index (κ2) is 4.61. The van der Waals surface area contributed by atoms with Gasteiger partial charge in [-0.25, -0.2) is 4.98 Å². The normalized spacial score (nSPS) is 10.7. The fraction of sp³-hybridized carbons (Fsp3) is 0. The predicted octanol–water partition coefficient (Wildman–Crippen LogP) is 2.43. The van der Waals surface area contributed by atoms with Crippen molar-refractivity contribution < 1.29 is 4.79 Å². The maximum atomic E-state index is 11.5. The predicted molar refractivity (Wildman–Crippen MR) is 59.7 cm³/mol. The van der Waals surface area contributed by atoms with E-state index in [1.54, 1.807) is 30.0 Å². The Morgan fingerprint density at radius 3 is 3.00 bits per heavy atom. The van der Waals surface area contributed by atoms with Gasteiger partial charge in [-0.2, -0.15) is 0 Å². The molecule has 4 heteroatoms. The minimum Gasteiger partial charge on any atom is -0.287 e. The highest BCUT2D eigenvalue weighted by Gasteiger charge is 2.02. The number of carbonyl (C=O) groups excluding carboxylic acids is 1. The van der Waals surface area contributed by atoms with E-state index in [9.17, 15) is 4.79 Å². The molecule has 0 atom stereocenters. The third kappa shape index (κ3) is 2.57. The first-order chi connectivity index (χ1) is 7.36. The number of thiazole rings is 1. The number of carbonyl (C=O) groups is 1. The Bertz CT molecular complexity index is 463. The maximum absolute atomic E-state index is 11.5. The number of allylic oxidation sites excluding steroid dienone is 1. The van der Waals surface area contributed by atoms with Gasteiger partial charge >= 0.3 is 0 Å². The summed E-state index contributed by atoms with van der Waals surface area (Å²) in [5, 5.41) is 2.29. The lowest BCUT2D eigenvalue weighted by atomic mass is 10.2. The van der Waals surface area contributed by atoms with Crippen LogP contribution in [0.2, 0.25) is 0 Å². The molecule has 2 rings (SSSR count). The highest BCUT2D eigenvalue weighted by Crippen LogP contribution is 2.07. The van der Waals surface area contributed by atoms with Gasteiger partial charge in [0.1, 0.15) is 0 Å². The van der Waals surface area contributed by atoms with E-state index in [0.717, 1.165) is 5.56 Å². The van der Waals surface area contributed by atoms with Gasteiger partial charge in [-0.15, -0.1) is 11.3 Å². The second-order valence-electron chi connectivity index (χ2n) is 2.82. The standard InChI is InChI=1S/C11H8N2OS/c14-10(11-13-6-7-15-11)4-3-9-2-1-5-12-8-9/h1-8H/b4-3-. The molecule has 0 amide bonds. The zero-order chi connectivity index (χ0) is 10.5. The van der Waals surface area contributed by atoms with Crippen LogP contribution in [0.3, 0.4) is 0 Å². The van der Waals surface area contributed by atoms with E-state index in [1.165, 1.54) is 17.4 Å². The van der Waals surface area contributed by atoms with Crippen molar-refractivity contribution in [3.05, 3.63) is 52.8 Å². The number of ketones is 1. The molecule has 0 N–H and O–H groups in total. The molecule has 3 nitrogen and oxygen atoms in total. The SMILES string of the molecule is O=C(/C=C\c1cccnc1)c1nccs1. The van der Waals surface area contributed by atoms with E-state index in [-0.39, 0.29) is 5.78 Å². The minimum atomic E-state index is -0.0751. The number of hydrogen-bond donors (Lipinski definition) is 0. The summed E-state index contributed by atoms with van der Waals surface area (Å²) < 4.78 is 0. The van der Waals surface area contributed by atoms with E-state index >= 15 is 0 Å². The van der Waals surface area contributed by atoms with Crippen molar-refractivity contribution in [3.63, 3.8) is 0 Å². The lowest BCUT2D eigenvalue weighted by molar-refractivity contribution is 0.104. The summed E-state index contributed by atoms with van der Waals surface area (Å²) in [5.74, 6) is -0.0751. The molecule has 0 bridgehead atoms. The van der Waals surface area contributed by atoms with Gasteiger partial charge in [0.15, 0.2) is 5.01 Å². The summed E-state index contributed by atoms with van der Waals surface area (Å²) >= 11 is 1.34. The monoisotopic (exact) mass is 216 g/mol. The van der Waals surface area contributed by atoms with Crippen LogP contribution in [0.5, 0.6) is 0 Å². The number of nitrogens with zero attached hydrogens (tertiary/aromatic N) is 2. The lowest BCUT2D eigenvalue weighted by Gasteiger charge is -1.89. The van der Waals surface area contributed by atoms with Crippen molar-refractivity contribution in [3.8, 4) is 0 Å². The molecule has 0 radical (unpaired) electrons. The minimum absolute atomic E-state index is 0.0751. The molecule has 0 saturated heterocycles. The van der Waals surface area contributed by atoms with Gasteiger partial charge in [0.2, 0.25) is 5.78 Å². The number of aromatic nitrogens is 2. The number of rotatable bonds is 3. The Kier molecular flexibility index (Phi) is 2.99. The van der Waals surface area contributed by atoms with Crippen LogP contribution in [-0.2, 0) is 0 Å². The Hall–Kier alpha value is -1.81. The van der Waals surface area contributed by atoms with Gasteiger partial charge in [-0.1, -0.05) is 6.07 Å². The Morgan fingerprint density at radius 2 is 2.33 bits per heavy atom. The largest absolute Gasteiger partial charge is 0.287 e. The van der Waals surface area contributed by atoms with Crippen LogP contribution in [0.4, 0.5) is 0 Å². The van der Waals surface area contributed by atoms with Gasteiger partial charge in [0, 0.05) is 24.0 Å². The zero-order valence-electron chi connectivity index (χ0n) is 7.83. The average Bonchev–Trinajstić information content (AvgIpc) is 2.81. The van der Waals surface area contributed by atoms with Gasteiger partial charge in [-0.05, 0) is 23.8 Å². The number of pyridine rings is 1. The van der Waals surface area contributed by atoms with E-state index in [1.807, 2.05) is 12.1 Å². The summed E-state index contributed by atoms with van der Waals surface area (Å²) in [6.45, 7) is 0. The van der Waals surface area contributed by atoms with Gasteiger partial charge < -0.3 is 0 Å². The fourth-order valence-electron chi connectivity index (χ4n) is 1.06. The Labute approximate surface area is 91.1 Å². The maximum Gasteiger partial charge on any atom is 0.214 e. The Balaban J connectivity index is 2.10. The summed E-state index contributed by atoms with van der Waals surface area (Å²) in [7, 11) is 0.